The molecule has 2 aliphatic rings. The maximum absolute atomic E-state index is 12.4. The van der Waals surface area contributed by atoms with E-state index in [1.165, 1.54) is 32.1 Å². The molecule has 0 aliphatic carbocycles. The van der Waals surface area contributed by atoms with Crippen LogP contribution in [-0.4, -0.2) is 64.6 Å². The van der Waals surface area contributed by atoms with Gasteiger partial charge in [-0.15, -0.1) is 29.9 Å². The van der Waals surface area contributed by atoms with Crippen LogP contribution in [0.4, 0.5) is 0 Å². The van der Waals surface area contributed by atoms with E-state index in [1.54, 1.807) is 6.20 Å². The van der Waals surface area contributed by atoms with E-state index in [0.717, 1.165) is 39.0 Å². The first kappa shape index (κ1) is 24.1. The highest BCUT2D eigenvalue weighted by atomic mass is 35.5. The monoisotopic (exact) mass is 420 g/mol. The van der Waals surface area contributed by atoms with Crippen LogP contribution in [0.5, 0.6) is 0 Å². The summed E-state index contributed by atoms with van der Waals surface area (Å²) in [6, 6.07) is 0.821. The highest BCUT2D eigenvalue weighted by Gasteiger charge is 2.23. The Morgan fingerprint density at radius 3 is 2.78 bits per heavy atom. The second-order valence-electron chi connectivity index (χ2n) is 7.31. The van der Waals surface area contributed by atoms with Gasteiger partial charge in [-0.25, -0.2) is 4.68 Å². The van der Waals surface area contributed by atoms with E-state index < -0.39 is 0 Å². The van der Waals surface area contributed by atoms with Gasteiger partial charge in [0.1, 0.15) is 0 Å². The number of likely N-dealkylation sites (tertiary alicyclic amines) is 1. The minimum atomic E-state index is -0.0961. The maximum Gasteiger partial charge on any atom is 0.273 e. The van der Waals surface area contributed by atoms with Gasteiger partial charge in [0.2, 0.25) is 0 Å². The van der Waals surface area contributed by atoms with Crippen molar-refractivity contribution in [1.29, 1.82) is 0 Å². The van der Waals surface area contributed by atoms with Gasteiger partial charge in [-0.2, -0.15) is 0 Å². The molecule has 2 saturated heterocycles. The van der Waals surface area contributed by atoms with Crippen LogP contribution >= 0.6 is 24.8 Å². The van der Waals surface area contributed by atoms with Crippen LogP contribution in [0.3, 0.4) is 0 Å². The molecule has 9 heteroatoms. The Kier molecular flexibility index (Phi) is 11.2. The van der Waals surface area contributed by atoms with E-state index >= 15 is 0 Å². The fraction of sp³-hybridized carbons (Fsp3) is 0.833. The number of aromatic nitrogens is 3. The third-order valence-electron chi connectivity index (χ3n) is 5.47. The third kappa shape index (κ3) is 6.89. The largest absolute Gasteiger partial charge is 0.349 e. The minimum absolute atomic E-state index is 0. The van der Waals surface area contributed by atoms with Crippen LogP contribution in [-0.2, 0) is 0 Å². The summed E-state index contributed by atoms with van der Waals surface area (Å²) >= 11 is 0. The van der Waals surface area contributed by atoms with Crippen LogP contribution in [0.1, 0.15) is 68.4 Å². The number of halogens is 2. The van der Waals surface area contributed by atoms with Crippen LogP contribution < -0.4 is 10.6 Å². The molecular weight excluding hydrogens is 387 g/mol. The first-order chi connectivity index (χ1) is 12.3. The van der Waals surface area contributed by atoms with Gasteiger partial charge in [-0.05, 0) is 58.3 Å². The summed E-state index contributed by atoms with van der Waals surface area (Å²) in [6.45, 7) is 7.24. The molecule has 7 nitrogen and oxygen atoms in total. The zero-order valence-corrected chi connectivity index (χ0v) is 17.9. The average Bonchev–Trinajstić information content (AvgIpc) is 3.16. The van der Waals surface area contributed by atoms with E-state index in [0.29, 0.717) is 24.3 Å². The number of hydrogen-bond donors (Lipinski definition) is 2. The molecule has 2 fully saturated rings. The summed E-state index contributed by atoms with van der Waals surface area (Å²) in [5.74, 6) is -0.0961. The van der Waals surface area contributed by atoms with Crippen LogP contribution in [0.15, 0.2) is 6.20 Å². The predicted molar refractivity (Wildman–Crippen MR) is 112 cm³/mol. The van der Waals surface area contributed by atoms with Gasteiger partial charge < -0.3 is 10.6 Å². The molecule has 1 unspecified atom stereocenters. The van der Waals surface area contributed by atoms with Crippen LogP contribution in [0.25, 0.3) is 0 Å². The highest BCUT2D eigenvalue weighted by molar-refractivity contribution is 5.91. The smallest absolute Gasteiger partial charge is 0.273 e. The zero-order chi connectivity index (χ0) is 17.5. The number of hydrogen-bond acceptors (Lipinski definition) is 5. The lowest BCUT2D eigenvalue weighted by Gasteiger charge is -2.35. The fourth-order valence-corrected chi connectivity index (χ4v) is 3.88. The second-order valence-corrected chi connectivity index (χ2v) is 7.31. The Morgan fingerprint density at radius 2 is 2.04 bits per heavy atom. The zero-order valence-electron chi connectivity index (χ0n) is 16.2. The number of nitrogens with one attached hydrogen (secondary N) is 2. The first-order valence-electron chi connectivity index (χ1n) is 9.92. The van der Waals surface area contributed by atoms with Crippen molar-refractivity contribution < 1.29 is 4.79 Å². The van der Waals surface area contributed by atoms with Crippen molar-refractivity contribution in [2.24, 2.45) is 0 Å². The Morgan fingerprint density at radius 1 is 1.26 bits per heavy atom. The van der Waals surface area contributed by atoms with Gasteiger partial charge in [0.25, 0.3) is 5.91 Å². The minimum Gasteiger partial charge on any atom is -0.349 e. The van der Waals surface area contributed by atoms with Gasteiger partial charge in [0, 0.05) is 12.6 Å². The van der Waals surface area contributed by atoms with Gasteiger partial charge in [-0.3, -0.25) is 9.69 Å². The molecule has 2 N–H and O–H groups in total. The predicted octanol–water partition coefficient (Wildman–Crippen LogP) is 2.43. The molecule has 0 radical (unpaired) electrons. The van der Waals surface area contributed by atoms with Crippen molar-refractivity contribution in [1.82, 2.24) is 30.5 Å². The third-order valence-corrected chi connectivity index (χ3v) is 5.47. The van der Waals surface area contributed by atoms with Crippen molar-refractivity contribution >= 4 is 30.7 Å². The summed E-state index contributed by atoms with van der Waals surface area (Å²) in [7, 11) is 0. The molecule has 0 aromatic carbocycles. The van der Waals surface area contributed by atoms with Crippen LogP contribution in [0, 0.1) is 0 Å². The second kappa shape index (κ2) is 12.5. The van der Waals surface area contributed by atoms with Gasteiger partial charge >= 0.3 is 0 Å². The van der Waals surface area contributed by atoms with E-state index in [4.69, 9.17) is 0 Å². The fourth-order valence-electron chi connectivity index (χ4n) is 3.88. The van der Waals surface area contributed by atoms with Crippen molar-refractivity contribution in [2.45, 2.75) is 64.0 Å². The van der Waals surface area contributed by atoms with Crippen molar-refractivity contribution in [3.05, 3.63) is 11.9 Å². The molecule has 27 heavy (non-hydrogen) atoms. The SMILES string of the molecule is CCCCN1CCCCC1CNC(=O)c1cn(C2CCNCC2)nn1.Cl.Cl. The lowest BCUT2D eigenvalue weighted by Crippen LogP contribution is -2.47. The number of piperidine rings is 2. The van der Waals surface area contributed by atoms with Crippen molar-refractivity contribution in [2.75, 3.05) is 32.7 Å². The lowest BCUT2D eigenvalue weighted by atomic mass is 10.0. The van der Waals surface area contributed by atoms with E-state index in [-0.39, 0.29) is 30.7 Å². The Labute approximate surface area is 174 Å². The number of rotatable bonds is 7. The Bertz CT molecular complexity index is 550. The number of nitrogens with zero attached hydrogens (tertiary/aromatic N) is 4. The van der Waals surface area contributed by atoms with Crippen LogP contribution in [0.2, 0.25) is 0 Å². The topological polar surface area (TPSA) is 75.1 Å². The molecule has 2 aliphatic heterocycles. The van der Waals surface area contributed by atoms with Crippen molar-refractivity contribution in [3.8, 4) is 0 Å². The summed E-state index contributed by atoms with van der Waals surface area (Å²) < 4.78 is 1.86. The molecule has 0 bridgehead atoms. The highest BCUT2D eigenvalue weighted by Crippen LogP contribution is 2.18. The van der Waals surface area contributed by atoms with E-state index in [1.807, 2.05) is 4.68 Å². The standard InChI is InChI=1S/C18H32N6O.2ClH/c1-2-3-11-23-12-5-4-6-16(23)13-20-18(25)17-14-24(22-21-17)15-7-9-19-10-8-15;;/h14-16,19H,2-13H2,1H3,(H,20,25);2*1H. The molecular formula is C18H34Cl2N6O. The summed E-state index contributed by atoms with van der Waals surface area (Å²) in [5, 5.41) is 14.7. The quantitative estimate of drug-likeness (QED) is 0.708. The molecule has 1 amide bonds. The van der Waals surface area contributed by atoms with E-state index in [2.05, 4.69) is 32.8 Å². The molecule has 0 saturated carbocycles. The first-order valence-corrected chi connectivity index (χ1v) is 9.92. The maximum atomic E-state index is 12.4. The average molecular weight is 421 g/mol. The van der Waals surface area contributed by atoms with Crippen molar-refractivity contribution in [3.63, 3.8) is 0 Å². The number of unbranched alkanes of at least 4 members (excludes halogenated alkanes) is 1. The molecule has 156 valence electrons. The molecule has 1 aromatic heterocycles. The Hall–Kier alpha value is -0.890. The molecule has 1 atom stereocenters. The van der Waals surface area contributed by atoms with Gasteiger partial charge in [0.05, 0.1) is 12.2 Å². The molecule has 3 heterocycles. The number of amides is 1. The van der Waals surface area contributed by atoms with Gasteiger partial charge in [0.15, 0.2) is 5.69 Å². The molecule has 3 rings (SSSR count). The number of carbonyl (C=O) groups is 1. The molecule has 1 aromatic rings. The lowest BCUT2D eigenvalue weighted by molar-refractivity contribution is 0.0907. The normalized spacial score (nSPS) is 21.1. The summed E-state index contributed by atoms with van der Waals surface area (Å²) in [4.78, 5) is 15.0. The summed E-state index contributed by atoms with van der Waals surface area (Å²) in [5.41, 5.74) is 0.439. The van der Waals surface area contributed by atoms with E-state index in [9.17, 15) is 4.79 Å². The molecule has 0 spiro atoms. The summed E-state index contributed by atoms with van der Waals surface area (Å²) in [6.07, 6.45) is 10.0. The van der Waals surface area contributed by atoms with Gasteiger partial charge in [-0.1, -0.05) is 25.0 Å². The Balaban J connectivity index is 0.00000182. The number of carbonyl (C=O) groups excluding carboxylic acids is 1.